The molecule has 0 aromatic heterocycles. The Bertz CT molecular complexity index is 378. The lowest BCUT2D eigenvalue weighted by Crippen LogP contribution is -2.38. The van der Waals surface area contributed by atoms with E-state index in [9.17, 15) is 4.79 Å². The van der Waals surface area contributed by atoms with E-state index in [4.69, 9.17) is 4.74 Å². The molecule has 0 heterocycles. The molecule has 0 aliphatic rings. The van der Waals surface area contributed by atoms with E-state index < -0.39 is 0 Å². The fourth-order valence-electron chi connectivity index (χ4n) is 2.25. The van der Waals surface area contributed by atoms with E-state index >= 15 is 0 Å². The molecular weight excluding hydrogens is 238 g/mol. The maximum Gasteiger partial charge on any atom is 0.229 e. The summed E-state index contributed by atoms with van der Waals surface area (Å²) < 4.78 is 5.14. The van der Waals surface area contributed by atoms with Crippen LogP contribution in [0.4, 0.5) is 0 Å². The molecule has 0 saturated carbocycles. The number of amides is 1. The van der Waals surface area contributed by atoms with E-state index in [0.717, 1.165) is 18.7 Å². The molecule has 0 fully saturated rings. The Morgan fingerprint density at radius 2 is 1.89 bits per heavy atom. The van der Waals surface area contributed by atoms with Gasteiger partial charge in [0, 0.05) is 20.2 Å². The summed E-state index contributed by atoms with van der Waals surface area (Å²) in [7, 11) is 1.70. The first-order valence-corrected chi connectivity index (χ1v) is 6.92. The number of hydrogen-bond donors (Lipinski definition) is 0. The third kappa shape index (κ3) is 4.67. The van der Waals surface area contributed by atoms with Gasteiger partial charge in [-0.05, 0) is 25.3 Å². The van der Waals surface area contributed by atoms with Gasteiger partial charge in [0.2, 0.25) is 5.91 Å². The molecule has 1 amide bonds. The van der Waals surface area contributed by atoms with Gasteiger partial charge in [-0.15, -0.1) is 0 Å². The molecule has 0 aliphatic heterocycles. The summed E-state index contributed by atoms with van der Waals surface area (Å²) in [6, 6.07) is 9.94. The maximum absolute atomic E-state index is 12.5. The number of carbonyl (C=O) groups excluding carboxylic acids is 1. The predicted octanol–water partition coefficient (Wildman–Crippen LogP) is 2.92. The van der Waals surface area contributed by atoms with E-state index in [2.05, 4.69) is 6.92 Å². The van der Waals surface area contributed by atoms with Crippen molar-refractivity contribution in [3.05, 3.63) is 35.9 Å². The molecule has 0 spiro atoms. The van der Waals surface area contributed by atoms with Crippen LogP contribution in [0.5, 0.6) is 0 Å². The highest BCUT2D eigenvalue weighted by molar-refractivity contribution is 5.83. The largest absolute Gasteiger partial charge is 0.384 e. The molecule has 2 unspecified atom stereocenters. The van der Waals surface area contributed by atoms with Crippen LogP contribution < -0.4 is 0 Å². The highest BCUT2D eigenvalue weighted by Gasteiger charge is 2.21. The summed E-state index contributed by atoms with van der Waals surface area (Å²) in [4.78, 5) is 14.4. The third-order valence-electron chi connectivity index (χ3n) is 3.35. The molecule has 1 rings (SSSR count). The number of nitrogens with zero attached hydrogens (tertiary/aromatic N) is 1. The summed E-state index contributed by atoms with van der Waals surface area (Å²) in [6.07, 6.45) is 0. The maximum atomic E-state index is 12.5. The van der Waals surface area contributed by atoms with Crippen molar-refractivity contribution in [2.75, 3.05) is 26.8 Å². The van der Waals surface area contributed by atoms with Crippen molar-refractivity contribution in [1.29, 1.82) is 0 Å². The average Bonchev–Trinajstić information content (AvgIpc) is 2.44. The Kier molecular flexibility index (Phi) is 6.57. The van der Waals surface area contributed by atoms with Gasteiger partial charge in [0.15, 0.2) is 0 Å². The van der Waals surface area contributed by atoms with E-state index in [1.54, 1.807) is 7.11 Å². The zero-order chi connectivity index (χ0) is 14.3. The topological polar surface area (TPSA) is 29.5 Å². The van der Waals surface area contributed by atoms with Crippen LogP contribution in [0.1, 0.15) is 32.3 Å². The van der Waals surface area contributed by atoms with Gasteiger partial charge in [0.25, 0.3) is 0 Å². The molecule has 0 aliphatic carbocycles. The van der Waals surface area contributed by atoms with Crippen LogP contribution in [0.15, 0.2) is 30.3 Å². The molecule has 3 heteroatoms. The SMILES string of the molecule is CCN(CC(C)COC)C(=O)C(C)c1ccccc1. The van der Waals surface area contributed by atoms with Crippen LogP contribution in [0.3, 0.4) is 0 Å². The summed E-state index contributed by atoms with van der Waals surface area (Å²) in [5.74, 6) is 0.462. The molecule has 1 aromatic carbocycles. The molecule has 1 aromatic rings. The van der Waals surface area contributed by atoms with E-state index in [-0.39, 0.29) is 11.8 Å². The normalized spacial score (nSPS) is 13.9. The van der Waals surface area contributed by atoms with Gasteiger partial charge in [-0.1, -0.05) is 37.3 Å². The fourth-order valence-corrected chi connectivity index (χ4v) is 2.25. The molecule has 0 bridgehead atoms. The van der Waals surface area contributed by atoms with Crippen LogP contribution in [0.25, 0.3) is 0 Å². The minimum absolute atomic E-state index is 0.0871. The number of hydrogen-bond acceptors (Lipinski definition) is 2. The summed E-state index contributed by atoms with van der Waals surface area (Å²) in [6.45, 7) is 8.27. The standard InChI is InChI=1S/C16H25NO2/c1-5-17(11-13(2)12-19-4)16(18)14(3)15-9-7-6-8-10-15/h6-10,13-14H,5,11-12H2,1-4H3. The monoisotopic (exact) mass is 263 g/mol. The van der Waals surface area contributed by atoms with Crippen LogP contribution in [0, 0.1) is 5.92 Å². The Labute approximate surface area is 116 Å². The van der Waals surface area contributed by atoms with Crippen LogP contribution in [0.2, 0.25) is 0 Å². The van der Waals surface area contributed by atoms with Gasteiger partial charge in [-0.3, -0.25) is 4.79 Å². The van der Waals surface area contributed by atoms with Gasteiger partial charge in [-0.2, -0.15) is 0 Å². The molecule has 106 valence electrons. The predicted molar refractivity (Wildman–Crippen MR) is 78.2 cm³/mol. The second-order valence-corrected chi connectivity index (χ2v) is 5.07. The van der Waals surface area contributed by atoms with Crippen molar-refractivity contribution < 1.29 is 9.53 Å². The van der Waals surface area contributed by atoms with Gasteiger partial charge >= 0.3 is 0 Å². The Morgan fingerprint density at radius 1 is 1.26 bits per heavy atom. The van der Waals surface area contributed by atoms with Gasteiger partial charge in [0.05, 0.1) is 12.5 Å². The minimum atomic E-state index is -0.0871. The second kappa shape index (κ2) is 7.95. The molecule has 3 nitrogen and oxygen atoms in total. The minimum Gasteiger partial charge on any atom is -0.384 e. The number of rotatable bonds is 7. The summed E-state index contributed by atoms with van der Waals surface area (Å²) in [5.41, 5.74) is 1.07. The first kappa shape index (κ1) is 15.7. The fraction of sp³-hybridized carbons (Fsp3) is 0.562. The number of likely N-dealkylation sites (N-methyl/N-ethyl adjacent to an activating group) is 1. The second-order valence-electron chi connectivity index (χ2n) is 5.07. The highest BCUT2D eigenvalue weighted by Crippen LogP contribution is 2.18. The van der Waals surface area contributed by atoms with Crippen LogP contribution in [-0.2, 0) is 9.53 Å². The van der Waals surface area contributed by atoms with Gasteiger partial charge < -0.3 is 9.64 Å². The van der Waals surface area contributed by atoms with Crippen molar-refractivity contribution in [2.45, 2.75) is 26.7 Å². The zero-order valence-corrected chi connectivity index (χ0v) is 12.4. The van der Waals surface area contributed by atoms with Crippen molar-refractivity contribution in [3.63, 3.8) is 0 Å². The zero-order valence-electron chi connectivity index (χ0n) is 12.4. The third-order valence-corrected chi connectivity index (χ3v) is 3.35. The quantitative estimate of drug-likeness (QED) is 0.757. The van der Waals surface area contributed by atoms with Gasteiger partial charge in [-0.25, -0.2) is 0 Å². The number of ether oxygens (including phenoxy) is 1. The van der Waals surface area contributed by atoms with E-state index in [1.165, 1.54) is 0 Å². The molecule has 19 heavy (non-hydrogen) atoms. The van der Waals surface area contributed by atoms with E-state index in [0.29, 0.717) is 12.5 Å². The molecule has 2 atom stereocenters. The number of methoxy groups -OCH3 is 1. The lowest BCUT2D eigenvalue weighted by molar-refractivity contribution is -0.133. The highest BCUT2D eigenvalue weighted by atomic mass is 16.5. The Hall–Kier alpha value is -1.35. The molecular formula is C16H25NO2. The van der Waals surface area contributed by atoms with Crippen molar-refractivity contribution in [3.8, 4) is 0 Å². The Balaban J connectivity index is 2.68. The molecule has 0 saturated heterocycles. The summed E-state index contributed by atoms with van der Waals surface area (Å²) in [5, 5.41) is 0. The molecule has 0 radical (unpaired) electrons. The number of carbonyl (C=O) groups is 1. The van der Waals surface area contributed by atoms with Gasteiger partial charge in [0.1, 0.15) is 0 Å². The number of benzene rings is 1. The van der Waals surface area contributed by atoms with Crippen LogP contribution >= 0.6 is 0 Å². The Morgan fingerprint density at radius 3 is 2.42 bits per heavy atom. The van der Waals surface area contributed by atoms with Crippen molar-refractivity contribution in [2.24, 2.45) is 5.92 Å². The summed E-state index contributed by atoms with van der Waals surface area (Å²) >= 11 is 0. The van der Waals surface area contributed by atoms with Crippen LogP contribution in [-0.4, -0.2) is 37.6 Å². The lowest BCUT2D eigenvalue weighted by atomic mass is 9.99. The lowest BCUT2D eigenvalue weighted by Gasteiger charge is -2.27. The first-order chi connectivity index (χ1) is 9.10. The van der Waals surface area contributed by atoms with Crippen molar-refractivity contribution >= 4 is 5.91 Å². The van der Waals surface area contributed by atoms with Crippen molar-refractivity contribution in [1.82, 2.24) is 4.90 Å². The molecule has 0 N–H and O–H groups in total. The van der Waals surface area contributed by atoms with E-state index in [1.807, 2.05) is 49.1 Å². The smallest absolute Gasteiger partial charge is 0.229 e. The average molecular weight is 263 g/mol. The first-order valence-electron chi connectivity index (χ1n) is 6.92.